The number of hydrogen-bond donors (Lipinski definition) is 1. The monoisotopic (exact) mass is 381 g/mol. The average Bonchev–Trinajstić information content (AvgIpc) is 2.67. The number of benzene rings is 2. The number of nitrogens with zero attached hydrogens (tertiary/aromatic N) is 2. The van der Waals surface area contributed by atoms with Crippen LogP contribution < -0.4 is 10.2 Å². The lowest BCUT2D eigenvalue weighted by molar-refractivity contribution is -0.131. The van der Waals surface area contributed by atoms with E-state index in [2.05, 4.69) is 10.3 Å². The van der Waals surface area contributed by atoms with Crippen molar-refractivity contribution in [3.63, 3.8) is 0 Å². The van der Waals surface area contributed by atoms with Crippen LogP contribution in [0.2, 0.25) is 0 Å². The Morgan fingerprint density at radius 2 is 1.79 bits per heavy atom. The average molecular weight is 381 g/mol. The lowest BCUT2D eigenvalue weighted by Gasteiger charge is -2.31. The van der Waals surface area contributed by atoms with Gasteiger partial charge in [0.2, 0.25) is 5.91 Å². The molecule has 2 aromatic rings. The molecule has 0 aliphatic carbocycles. The second-order valence-electron chi connectivity index (χ2n) is 6.48. The molecule has 0 aromatic heterocycles. The second-order valence-corrected chi connectivity index (χ2v) is 6.48. The Labute approximate surface area is 162 Å². The van der Waals surface area contributed by atoms with Crippen molar-refractivity contribution < 1.29 is 18.8 Å². The fourth-order valence-corrected chi connectivity index (χ4v) is 3.10. The first-order valence-corrected chi connectivity index (χ1v) is 8.94. The number of urea groups is 1. The Morgan fingerprint density at radius 1 is 1.11 bits per heavy atom. The fraction of sp³-hybridized carbons (Fsp3) is 0.238. The van der Waals surface area contributed by atoms with Gasteiger partial charge in [-0.25, -0.2) is 14.1 Å². The van der Waals surface area contributed by atoms with E-state index in [1.54, 1.807) is 50.2 Å². The maximum absolute atomic E-state index is 13.1. The third-order valence-electron chi connectivity index (χ3n) is 4.59. The molecule has 28 heavy (non-hydrogen) atoms. The Bertz CT molecular complexity index is 954. The minimum absolute atomic E-state index is 0.207. The Kier molecular flexibility index (Phi) is 5.63. The van der Waals surface area contributed by atoms with Crippen molar-refractivity contribution in [1.82, 2.24) is 5.32 Å². The van der Waals surface area contributed by atoms with E-state index < -0.39 is 23.8 Å². The molecule has 6 nitrogen and oxygen atoms in total. The van der Waals surface area contributed by atoms with E-state index >= 15 is 0 Å². The van der Waals surface area contributed by atoms with Crippen LogP contribution in [0.4, 0.5) is 14.9 Å². The molecular weight excluding hydrogens is 361 g/mol. The van der Waals surface area contributed by atoms with Crippen molar-refractivity contribution in [3.8, 4) is 0 Å². The molecule has 1 aliphatic rings. The molecule has 0 saturated carbocycles. The molecule has 1 N–H and O–H groups in total. The van der Waals surface area contributed by atoms with Crippen LogP contribution in [0.25, 0.3) is 0 Å². The Hall–Kier alpha value is -3.35. The van der Waals surface area contributed by atoms with Crippen molar-refractivity contribution in [1.29, 1.82) is 0 Å². The molecular formula is C21H20FN3O3. The number of carbonyl (C=O) groups is 3. The maximum Gasteiger partial charge on any atom is 0.335 e. The van der Waals surface area contributed by atoms with Gasteiger partial charge < -0.3 is 0 Å². The van der Waals surface area contributed by atoms with Gasteiger partial charge in [-0.15, -0.1) is 0 Å². The van der Waals surface area contributed by atoms with Gasteiger partial charge in [-0.3, -0.25) is 19.9 Å². The predicted octanol–water partition coefficient (Wildman–Crippen LogP) is 3.38. The first kappa shape index (κ1) is 19.4. The fourth-order valence-electron chi connectivity index (χ4n) is 3.10. The molecule has 0 radical (unpaired) electrons. The van der Waals surface area contributed by atoms with Crippen molar-refractivity contribution in [2.75, 3.05) is 4.90 Å². The molecule has 1 unspecified atom stereocenters. The molecule has 3 rings (SSSR count). The molecule has 1 saturated heterocycles. The number of halogens is 1. The van der Waals surface area contributed by atoms with Crippen molar-refractivity contribution in [3.05, 3.63) is 65.5 Å². The highest BCUT2D eigenvalue weighted by molar-refractivity contribution is 6.35. The Balaban J connectivity index is 1.91. The van der Waals surface area contributed by atoms with Crippen LogP contribution >= 0.6 is 0 Å². The van der Waals surface area contributed by atoms with Crippen LogP contribution in [0.3, 0.4) is 0 Å². The lowest BCUT2D eigenvalue weighted by Crippen LogP contribution is -2.60. The summed E-state index contributed by atoms with van der Waals surface area (Å²) in [6.07, 6.45) is 0.362. The van der Waals surface area contributed by atoms with E-state index in [-0.39, 0.29) is 12.4 Å². The first-order chi connectivity index (χ1) is 13.4. The minimum Gasteiger partial charge on any atom is -0.288 e. The third kappa shape index (κ3) is 3.83. The SMILES string of the molecule is CCC(=NCc1ccc(F)cc1)C1C(=O)NC(=O)N(c2ccccc2C)C1=O. The lowest BCUT2D eigenvalue weighted by atomic mass is 9.95. The highest BCUT2D eigenvalue weighted by Crippen LogP contribution is 2.25. The van der Waals surface area contributed by atoms with Gasteiger partial charge in [0.1, 0.15) is 5.82 Å². The van der Waals surface area contributed by atoms with E-state index in [1.165, 1.54) is 12.1 Å². The number of barbiturate groups is 1. The van der Waals surface area contributed by atoms with Crippen molar-refractivity contribution in [2.45, 2.75) is 26.8 Å². The largest absolute Gasteiger partial charge is 0.335 e. The zero-order chi connectivity index (χ0) is 20.3. The number of hydrogen-bond acceptors (Lipinski definition) is 4. The van der Waals surface area contributed by atoms with Gasteiger partial charge in [0.15, 0.2) is 5.92 Å². The number of anilines is 1. The van der Waals surface area contributed by atoms with Crippen LogP contribution in [-0.2, 0) is 16.1 Å². The van der Waals surface area contributed by atoms with Gasteiger partial charge in [-0.2, -0.15) is 0 Å². The van der Waals surface area contributed by atoms with Crippen molar-refractivity contribution in [2.24, 2.45) is 10.9 Å². The van der Waals surface area contributed by atoms with E-state index in [4.69, 9.17) is 0 Å². The predicted molar refractivity (Wildman–Crippen MR) is 104 cm³/mol. The van der Waals surface area contributed by atoms with Gasteiger partial charge >= 0.3 is 6.03 Å². The molecule has 4 amide bonds. The van der Waals surface area contributed by atoms with Gasteiger partial charge in [0.25, 0.3) is 5.91 Å². The summed E-state index contributed by atoms with van der Waals surface area (Å²) < 4.78 is 13.0. The Morgan fingerprint density at radius 3 is 2.43 bits per heavy atom. The van der Waals surface area contributed by atoms with Gasteiger partial charge in [-0.1, -0.05) is 37.3 Å². The van der Waals surface area contributed by atoms with E-state index in [9.17, 15) is 18.8 Å². The summed E-state index contributed by atoms with van der Waals surface area (Å²) >= 11 is 0. The zero-order valence-electron chi connectivity index (χ0n) is 15.6. The molecule has 1 aliphatic heterocycles. The molecule has 1 heterocycles. The van der Waals surface area contributed by atoms with E-state index in [0.29, 0.717) is 17.8 Å². The smallest absolute Gasteiger partial charge is 0.288 e. The minimum atomic E-state index is -1.18. The summed E-state index contributed by atoms with van der Waals surface area (Å²) in [7, 11) is 0. The second kappa shape index (κ2) is 8.12. The van der Waals surface area contributed by atoms with Crippen molar-refractivity contribution >= 4 is 29.2 Å². The van der Waals surface area contributed by atoms with E-state index in [1.807, 2.05) is 0 Å². The molecule has 2 aromatic carbocycles. The third-order valence-corrected chi connectivity index (χ3v) is 4.59. The summed E-state index contributed by atoms with van der Waals surface area (Å²) in [5.74, 6) is -2.83. The summed E-state index contributed by atoms with van der Waals surface area (Å²) in [5.41, 5.74) is 2.29. The van der Waals surface area contributed by atoms with Gasteiger partial charge in [-0.05, 0) is 42.7 Å². The number of nitrogens with one attached hydrogen (secondary N) is 1. The van der Waals surface area contributed by atoms with Crippen LogP contribution in [0, 0.1) is 18.7 Å². The van der Waals surface area contributed by atoms with Gasteiger partial charge in [0.05, 0.1) is 12.2 Å². The number of aliphatic imine (C=N–C) groups is 1. The van der Waals surface area contributed by atoms with Crippen LogP contribution in [0.1, 0.15) is 24.5 Å². The quantitative estimate of drug-likeness (QED) is 0.637. The topological polar surface area (TPSA) is 78.8 Å². The zero-order valence-corrected chi connectivity index (χ0v) is 15.6. The highest BCUT2D eigenvalue weighted by atomic mass is 19.1. The summed E-state index contributed by atoms with van der Waals surface area (Å²) in [5, 5.41) is 2.25. The number of aryl methyl sites for hydroxylation is 1. The molecule has 144 valence electrons. The number of rotatable bonds is 5. The van der Waals surface area contributed by atoms with Crippen LogP contribution in [-0.4, -0.2) is 23.6 Å². The molecule has 1 fully saturated rings. The summed E-state index contributed by atoms with van der Waals surface area (Å²) in [4.78, 5) is 43.2. The molecule has 7 heteroatoms. The van der Waals surface area contributed by atoms with E-state index in [0.717, 1.165) is 16.0 Å². The summed E-state index contributed by atoms with van der Waals surface area (Å²) in [6.45, 7) is 3.78. The van der Waals surface area contributed by atoms with Gasteiger partial charge in [0, 0.05) is 5.71 Å². The molecule has 0 bridgehead atoms. The number of carbonyl (C=O) groups excluding carboxylic acids is 3. The highest BCUT2D eigenvalue weighted by Gasteiger charge is 2.43. The summed E-state index contributed by atoms with van der Waals surface area (Å²) in [6, 6.07) is 12.0. The van der Waals surface area contributed by atoms with Crippen LogP contribution in [0.15, 0.2) is 53.5 Å². The molecule has 1 atom stereocenters. The standard InChI is InChI=1S/C21H20FN3O3/c1-3-16(23-12-14-8-10-15(22)11-9-14)18-19(26)24-21(28)25(20(18)27)17-7-5-4-6-13(17)2/h4-11,18H,3,12H2,1-2H3,(H,24,26,28). The maximum atomic E-state index is 13.1. The normalized spacial score (nSPS) is 17.7. The van der Waals surface area contributed by atoms with Crippen LogP contribution in [0.5, 0.6) is 0 Å². The first-order valence-electron chi connectivity index (χ1n) is 8.94. The number of amides is 4. The molecule has 0 spiro atoms. The number of imide groups is 2. The number of para-hydroxylation sites is 1.